The smallest absolute Gasteiger partial charge is 0.358 e. The van der Waals surface area contributed by atoms with Gasteiger partial charge in [-0.25, -0.2) is 4.79 Å². The van der Waals surface area contributed by atoms with E-state index < -0.39 is 5.97 Å². The van der Waals surface area contributed by atoms with E-state index in [-0.39, 0.29) is 17.4 Å². The molecule has 2 heterocycles. The summed E-state index contributed by atoms with van der Waals surface area (Å²) in [7, 11) is 0. The monoisotopic (exact) mass is 302 g/mol. The molecule has 0 radical (unpaired) electrons. The number of aromatic carboxylic acids is 1. The molecule has 6 heteroatoms. The van der Waals surface area contributed by atoms with Crippen molar-refractivity contribution in [3.8, 4) is 11.5 Å². The molecule has 2 aromatic rings. The minimum atomic E-state index is -1.04. The molecule has 1 aromatic heterocycles. The maximum atomic E-state index is 11.6. The van der Waals surface area contributed by atoms with E-state index >= 15 is 0 Å². The van der Waals surface area contributed by atoms with Crippen molar-refractivity contribution in [3.63, 3.8) is 0 Å². The van der Waals surface area contributed by atoms with E-state index in [9.17, 15) is 9.90 Å². The minimum absolute atomic E-state index is 0.0782. The second kappa shape index (κ2) is 6.62. The van der Waals surface area contributed by atoms with Gasteiger partial charge in [-0.05, 0) is 25.0 Å². The predicted molar refractivity (Wildman–Crippen MR) is 79.2 cm³/mol. The highest BCUT2D eigenvalue weighted by Gasteiger charge is 2.23. The summed E-state index contributed by atoms with van der Waals surface area (Å²) in [6.07, 6.45) is 3.48. The van der Waals surface area contributed by atoms with Gasteiger partial charge in [-0.1, -0.05) is 18.2 Å². The number of hydrogen-bond acceptors (Lipinski definition) is 4. The van der Waals surface area contributed by atoms with Crippen molar-refractivity contribution >= 4 is 5.97 Å². The number of rotatable bonds is 5. The van der Waals surface area contributed by atoms with Gasteiger partial charge >= 0.3 is 5.97 Å². The molecular weight excluding hydrogens is 284 g/mol. The molecule has 1 aliphatic heterocycles. The third-order valence-electron chi connectivity index (χ3n) is 3.67. The van der Waals surface area contributed by atoms with E-state index in [0.717, 1.165) is 19.4 Å². The zero-order chi connectivity index (χ0) is 15.4. The van der Waals surface area contributed by atoms with E-state index in [4.69, 9.17) is 9.47 Å². The van der Waals surface area contributed by atoms with Crippen molar-refractivity contribution < 1.29 is 19.4 Å². The second-order valence-electron chi connectivity index (χ2n) is 5.34. The van der Waals surface area contributed by atoms with Crippen LogP contribution < -0.4 is 4.74 Å². The van der Waals surface area contributed by atoms with E-state index in [1.54, 1.807) is 12.1 Å². The number of aromatic nitrogens is 2. The highest BCUT2D eigenvalue weighted by Crippen LogP contribution is 2.26. The molecule has 6 nitrogen and oxygen atoms in total. The van der Waals surface area contributed by atoms with Gasteiger partial charge in [-0.3, -0.25) is 4.68 Å². The molecule has 1 fully saturated rings. The lowest BCUT2D eigenvalue weighted by Gasteiger charge is -2.22. The summed E-state index contributed by atoms with van der Waals surface area (Å²) in [4.78, 5) is 11.6. The Kier molecular flexibility index (Phi) is 4.39. The molecule has 1 saturated heterocycles. The van der Waals surface area contributed by atoms with E-state index in [0.29, 0.717) is 18.9 Å². The molecule has 1 aromatic carbocycles. The summed E-state index contributed by atoms with van der Waals surface area (Å²) in [6, 6.07) is 9.09. The van der Waals surface area contributed by atoms with E-state index in [1.807, 2.05) is 18.2 Å². The predicted octanol–water partition coefficient (Wildman–Crippen LogP) is 2.80. The fourth-order valence-corrected chi connectivity index (χ4v) is 2.61. The van der Waals surface area contributed by atoms with Gasteiger partial charge in [-0.2, -0.15) is 5.10 Å². The molecule has 0 amide bonds. The molecular formula is C16H18N2O4. The highest BCUT2D eigenvalue weighted by atomic mass is 16.5. The Morgan fingerprint density at radius 3 is 2.91 bits per heavy atom. The number of benzene rings is 1. The van der Waals surface area contributed by atoms with Crippen molar-refractivity contribution in [3.05, 3.63) is 42.2 Å². The molecule has 116 valence electrons. The molecule has 1 unspecified atom stereocenters. The Hall–Kier alpha value is -2.34. The number of nitrogens with zero attached hydrogens (tertiary/aromatic N) is 2. The molecule has 0 aliphatic carbocycles. The number of hydrogen-bond donors (Lipinski definition) is 1. The van der Waals surface area contributed by atoms with Crippen LogP contribution in [0.1, 0.15) is 23.3 Å². The lowest BCUT2D eigenvalue weighted by Crippen LogP contribution is -2.24. The lowest BCUT2D eigenvalue weighted by molar-refractivity contribution is 0.0454. The number of para-hydroxylation sites is 1. The fraction of sp³-hybridized carbons (Fsp3) is 0.375. The zero-order valence-corrected chi connectivity index (χ0v) is 12.1. The van der Waals surface area contributed by atoms with Crippen LogP contribution in [0.5, 0.6) is 11.5 Å². The number of carboxylic acid groups (broad SMARTS) is 1. The van der Waals surface area contributed by atoms with Crippen LogP contribution in [0.4, 0.5) is 0 Å². The normalized spacial score (nSPS) is 18.1. The average molecular weight is 302 g/mol. The van der Waals surface area contributed by atoms with Crippen LogP contribution in [-0.4, -0.2) is 34.1 Å². The topological polar surface area (TPSA) is 73.6 Å². The molecule has 1 atom stereocenters. The first-order valence-corrected chi connectivity index (χ1v) is 7.34. The third-order valence-corrected chi connectivity index (χ3v) is 3.67. The number of ether oxygens (including phenoxy) is 2. The van der Waals surface area contributed by atoms with Crippen molar-refractivity contribution in [2.75, 3.05) is 13.2 Å². The number of carbonyl (C=O) groups is 1. The van der Waals surface area contributed by atoms with Crippen LogP contribution in [0.2, 0.25) is 0 Å². The maximum absolute atomic E-state index is 11.6. The summed E-state index contributed by atoms with van der Waals surface area (Å²) in [5.41, 5.74) is 0.0782. The highest BCUT2D eigenvalue weighted by molar-refractivity contribution is 5.88. The van der Waals surface area contributed by atoms with Crippen molar-refractivity contribution in [1.29, 1.82) is 0 Å². The van der Waals surface area contributed by atoms with Crippen LogP contribution in [-0.2, 0) is 11.3 Å². The van der Waals surface area contributed by atoms with E-state index in [2.05, 4.69) is 5.10 Å². The third kappa shape index (κ3) is 3.28. The van der Waals surface area contributed by atoms with Crippen LogP contribution >= 0.6 is 0 Å². The summed E-state index contributed by atoms with van der Waals surface area (Å²) >= 11 is 0. The molecule has 0 bridgehead atoms. The largest absolute Gasteiger partial charge is 0.476 e. The Morgan fingerprint density at radius 2 is 2.23 bits per heavy atom. The summed E-state index contributed by atoms with van der Waals surface area (Å²) in [5.74, 6) is 0.0949. The van der Waals surface area contributed by atoms with Gasteiger partial charge in [0.25, 0.3) is 0 Å². The molecule has 3 rings (SSSR count). The van der Waals surface area contributed by atoms with E-state index in [1.165, 1.54) is 10.9 Å². The van der Waals surface area contributed by atoms with Gasteiger partial charge in [0, 0.05) is 19.1 Å². The van der Waals surface area contributed by atoms with Gasteiger partial charge < -0.3 is 14.6 Å². The molecule has 0 saturated carbocycles. The summed E-state index contributed by atoms with van der Waals surface area (Å²) in [5, 5.41) is 13.7. The Labute approximate surface area is 128 Å². The molecule has 22 heavy (non-hydrogen) atoms. The first-order chi connectivity index (χ1) is 10.7. The van der Waals surface area contributed by atoms with Crippen molar-refractivity contribution in [2.24, 2.45) is 5.92 Å². The van der Waals surface area contributed by atoms with Gasteiger partial charge in [-0.15, -0.1) is 0 Å². The van der Waals surface area contributed by atoms with Crippen molar-refractivity contribution in [2.45, 2.75) is 19.4 Å². The minimum Gasteiger partial charge on any atom is -0.476 e. The van der Waals surface area contributed by atoms with Gasteiger partial charge in [0.15, 0.2) is 11.4 Å². The standard InChI is InChI=1S/C16H18N2O4/c19-16(20)15-14(22-13-6-2-1-3-7-13)9-17-18(15)10-12-5-4-8-21-11-12/h1-3,6-7,9,12H,4-5,8,10-11H2,(H,19,20). The van der Waals surface area contributed by atoms with Crippen LogP contribution in [0.15, 0.2) is 36.5 Å². The van der Waals surface area contributed by atoms with Crippen LogP contribution in [0.25, 0.3) is 0 Å². The Morgan fingerprint density at radius 1 is 1.41 bits per heavy atom. The zero-order valence-electron chi connectivity index (χ0n) is 12.1. The lowest BCUT2D eigenvalue weighted by atomic mass is 10.0. The van der Waals surface area contributed by atoms with Crippen LogP contribution in [0.3, 0.4) is 0 Å². The quantitative estimate of drug-likeness (QED) is 0.919. The average Bonchev–Trinajstić information content (AvgIpc) is 2.92. The molecule has 1 N–H and O–H groups in total. The first kappa shape index (κ1) is 14.6. The summed E-state index contributed by atoms with van der Waals surface area (Å²) < 4.78 is 12.6. The number of carboxylic acids is 1. The molecule has 0 spiro atoms. The first-order valence-electron chi connectivity index (χ1n) is 7.34. The molecule has 1 aliphatic rings. The van der Waals surface area contributed by atoms with Crippen molar-refractivity contribution in [1.82, 2.24) is 9.78 Å². The second-order valence-corrected chi connectivity index (χ2v) is 5.34. The van der Waals surface area contributed by atoms with Gasteiger partial charge in [0.1, 0.15) is 5.75 Å². The fourth-order valence-electron chi connectivity index (χ4n) is 2.61. The van der Waals surface area contributed by atoms with Crippen LogP contribution in [0, 0.1) is 5.92 Å². The van der Waals surface area contributed by atoms with Gasteiger partial charge in [0.2, 0.25) is 0 Å². The maximum Gasteiger partial charge on any atom is 0.358 e. The van der Waals surface area contributed by atoms with Gasteiger partial charge in [0.05, 0.1) is 12.8 Å². The summed E-state index contributed by atoms with van der Waals surface area (Å²) in [6.45, 7) is 1.96. The SMILES string of the molecule is O=C(O)c1c(Oc2ccccc2)cnn1CC1CCCOC1. The Bertz CT molecular complexity index is 633. The Balaban J connectivity index is 1.80.